The summed E-state index contributed by atoms with van der Waals surface area (Å²) in [7, 11) is 1.37. The molecular weight excluding hydrogens is 451 g/mol. The van der Waals surface area contributed by atoms with Crippen LogP contribution in [0.3, 0.4) is 0 Å². The van der Waals surface area contributed by atoms with Crippen LogP contribution >= 0.6 is 69.7 Å². The maximum Gasteiger partial charge on any atom is 0.166 e. The fraction of sp³-hybridized carbons (Fsp3) is 0.222. The van der Waals surface area contributed by atoms with Crippen LogP contribution in [0, 0.1) is 0 Å². The molecule has 0 fully saturated rings. The molecule has 0 saturated carbocycles. The van der Waals surface area contributed by atoms with E-state index in [0.717, 1.165) is 24.6 Å². The van der Waals surface area contributed by atoms with Crippen molar-refractivity contribution in [3.8, 4) is 0 Å². The van der Waals surface area contributed by atoms with Gasteiger partial charge in [-0.3, -0.25) is 4.72 Å². The van der Waals surface area contributed by atoms with Crippen molar-refractivity contribution in [3.05, 3.63) is 42.5 Å². The van der Waals surface area contributed by atoms with E-state index in [2.05, 4.69) is 65.8 Å². The first-order valence-corrected chi connectivity index (χ1v) is 12.8. The molecule has 2 aromatic carbocycles. The standard InChI is InChI=1S/C11H14N2S2.C7H5NS4/c1-11(2,3)13-15-10-12-8-6-4-5-7-9(8)14-10;9-4-2-1-3-5-6(4)8-7(11-5)12-10/h4-7,13H,1-3H3;1-3,9-10H. The molecule has 0 aliphatic carbocycles. The third-order valence-corrected chi connectivity index (χ3v) is 8.30. The second kappa shape index (κ2) is 9.39. The van der Waals surface area contributed by atoms with Crippen molar-refractivity contribution in [1.82, 2.24) is 14.7 Å². The van der Waals surface area contributed by atoms with Gasteiger partial charge in [-0.05, 0) is 67.8 Å². The van der Waals surface area contributed by atoms with Gasteiger partial charge in [0.15, 0.2) is 8.68 Å². The monoisotopic (exact) mass is 469 g/mol. The number of para-hydroxylation sites is 2. The number of thiol groups is 2. The van der Waals surface area contributed by atoms with Crippen LogP contribution in [-0.4, -0.2) is 15.5 Å². The minimum absolute atomic E-state index is 0.114. The van der Waals surface area contributed by atoms with E-state index in [1.807, 2.05) is 36.4 Å². The quantitative estimate of drug-likeness (QED) is 0.168. The first-order valence-electron chi connectivity index (χ1n) is 8.05. The van der Waals surface area contributed by atoms with Crippen LogP contribution in [0.4, 0.5) is 0 Å². The normalized spacial score (nSPS) is 11.6. The first-order chi connectivity index (χ1) is 12.9. The van der Waals surface area contributed by atoms with Gasteiger partial charge in [-0.2, -0.15) is 0 Å². The fourth-order valence-corrected chi connectivity index (χ4v) is 5.90. The van der Waals surface area contributed by atoms with Crippen LogP contribution < -0.4 is 4.72 Å². The molecular formula is C18H19N3S6. The van der Waals surface area contributed by atoms with Crippen LogP contribution in [0.5, 0.6) is 0 Å². The minimum Gasteiger partial charge on any atom is -0.253 e. The highest BCUT2D eigenvalue weighted by Gasteiger charge is 2.11. The zero-order valence-electron chi connectivity index (χ0n) is 15.0. The Hall–Kier alpha value is -0.420. The fourth-order valence-electron chi connectivity index (χ4n) is 2.04. The van der Waals surface area contributed by atoms with E-state index in [1.165, 1.54) is 20.2 Å². The molecule has 0 radical (unpaired) electrons. The Morgan fingerprint density at radius 2 is 1.63 bits per heavy atom. The van der Waals surface area contributed by atoms with Gasteiger partial charge >= 0.3 is 0 Å². The maximum atomic E-state index is 4.53. The average molecular weight is 470 g/mol. The SMILES string of the molecule is CC(C)(C)NSc1nc2ccccc2s1.SSc1nc2c(S)cccc2s1. The lowest BCUT2D eigenvalue weighted by Crippen LogP contribution is -2.29. The molecule has 142 valence electrons. The molecule has 0 amide bonds. The Labute approximate surface area is 186 Å². The van der Waals surface area contributed by atoms with E-state index < -0.39 is 0 Å². The van der Waals surface area contributed by atoms with Gasteiger partial charge in [0.25, 0.3) is 0 Å². The number of nitrogens with one attached hydrogen (secondary N) is 1. The molecule has 0 saturated heterocycles. The van der Waals surface area contributed by atoms with Gasteiger partial charge < -0.3 is 0 Å². The number of thiazole rings is 2. The molecule has 3 nitrogen and oxygen atoms in total. The molecule has 0 unspecified atom stereocenters. The van der Waals surface area contributed by atoms with E-state index in [4.69, 9.17) is 0 Å². The first kappa shape index (κ1) is 21.3. The lowest BCUT2D eigenvalue weighted by Gasteiger charge is -2.17. The van der Waals surface area contributed by atoms with Crippen LogP contribution in [0.25, 0.3) is 20.4 Å². The number of nitrogens with zero attached hydrogens (tertiary/aromatic N) is 2. The van der Waals surface area contributed by atoms with Gasteiger partial charge in [-0.1, -0.05) is 18.2 Å². The Morgan fingerprint density at radius 1 is 0.926 bits per heavy atom. The summed E-state index contributed by atoms with van der Waals surface area (Å²) in [5, 5.41) is 0. The van der Waals surface area contributed by atoms with Crippen LogP contribution in [0.15, 0.2) is 56.0 Å². The van der Waals surface area contributed by atoms with Crippen LogP contribution in [0.1, 0.15) is 20.8 Å². The van der Waals surface area contributed by atoms with Crippen LogP contribution in [-0.2, 0) is 0 Å². The molecule has 27 heavy (non-hydrogen) atoms. The van der Waals surface area contributed by atoms with E-state index >= 15 is 0 Å². The van der Waals surface area contributed by atoms with Gasteiger partial charge in [-0.15, -0.1) is 47.0 Å². The van der Waals surface area contributed by atoms with Crippen molar-refractivity contribution in [2.45, 2.75) is 39.9 Å². The zero-order valence-corrected chi connectivity index (χ0v) is 20.0. The van der Waals surface area contributed by atoms with E-state index in [-0.39, 0.29) is 5.54 Å². The summed E-state index contributed by atoms with van der Waals surface area (Å²) >= 11 is 13.4. The van der Waals surface area contributed by atoms with Crippen molar-refractivity contribution in [1.29, 1.82) is 0 Å². The molecule has 0 atom stereocenters. The summed E-state index contributed by atoms with van der Waals surface area (Å²) in [4.78, 5) is 9.82. The van der Waals surface area contributed by atoms with Crippen LogP contribution in [0.2, 0.25) is 0 Å². The van der Waals surface area contributed by atoms with Gasteiger partial charge in [0.2, 0.25) is 0 Å². The molecule has 9 heteroatoms. The molecule has 2 aromatic heterocycles. The number of fused-ring (bicyclic) bond motifs is 2. The highest BCUT2D eigenvalue weighted by Crippen LogP contribution is 2.33. The highest BCUT2D eigenvalue weighted by atomic mass is 33.1. The summed E-state index contributed by atoms with van der Waals surface area (Å²) in [5.74, 6) is 0. The Bertz CT molecular complexity index is 1000. The smallest absolute Gasteiger partial charge is 0.166 e. The van der Waals surface area contributed by atoms with Gasteiger partial charge in [0.1, 0.15) is 0 Å². The second-order valence-corrected chi connectivity index (χ2v) is 11.6. The topological polar surface area (TPSA) is 37.8 Å². The zero-order chi connectivity index (χ0) is 19.4. The van der Waals surface area contributed by atoms with E-state index in [0.29, 0.717) is 0 Å². The third-order valence-electron chi connectivity index (χ3n) is 3.17. The minimum atomic E-state index is 0.114. The molecule has 4 aromatic rings. The predicted octanol–water partition coefficient (Wildman–Crippen LogP) is 7.21. The number of rotatable bonds is 3. The maximum absolute atomic E-state index is 4.53. The second-order valence-electron chi connectivity index (χ2n) is 6.60. The third kappa shape index (κ3) is 6.03. The largest absolute Gasteiger partial charge is 0.253 e. The molecule has 0 aliphatic heterocycles. The Kier molecular flexibility index (Phi) is 7.40. The van der Waals surface area contributed by atoms with E-state index in [1.54, 1.807) is 34.6 Å². The Balaban J connectivity index is 0.000000159. The number of hydrogen-bond donors (Lipinski definition) is 3. The molecule has 0 bridgehead atoms. The van der Waals surface area contributed by atoms with Gasteiger partial charge in [0, 0.05) is 10.4 Å². The summed E-state index contributed by atoms with van der Waals surface area (Å²) in [6, 6.07) is 14.2. The molecule has 2 heterocycles. The Morgan fingerprint density at radius 3 is 2.30 bits per heavy atom. The molecule has 0 aliphatic rings. The van der Waals surface area contributed by atoms with E-state index in [9.17, 15) is 0 Å². The molecule has 0 spiro atoms. The predicted molar refractivity (Wildman–Crippen MR) is 130 cm³/mol. The molecule has 1 N–H and O–H groups in total. The highest BCUT2D eigenvalue weighted by molar-refractivity contribution is 8.69. The van der Waals surface area contributed by atoms with Gasteiger partial charge in [0.05, 0.1) is 20.4 Å². The van der Waals surface area contributed by atoms with Crippen molar-refractivity contribution in [3.63, 3.8) is 0 Å². The average Bonchev–Trinajstić information content (AvgIpc) is 3.24. The van der Waals surface area contributed by atoms with Crippen molar-refractivity contribution < 1.29 is 0 Å². The summed E-state index contributed by atoms with van der Waals surface area (Å²) < 4.78 is 7.82. The summed E-state index contributed by atoms with van der Waals surface area (Å²) in [6.07, 6.45) is 0. The van der Waals surface area contributed by atoms with Crippen molar-refractivity contribution in [2.24, 2.45) is 0 Å². The van der Waals surface area contributed by atoms with Crippen molar-refractivity contribution >= 4 is 90.1 Å². The lowest BCUT2D eigenvalue weighted by molar-refractivity contribution is 0.535. The number of benzene rings is 2. The molecule has 4 rings (SSSR count). The van der Waals surface area contributed by atoms with Gasteiger partial charge in [-0.25, -0.2) is 9.97 Å². The lowest BCUT2D eigenvalue weighted by atomic mass is 10.1. The number of aromatic nitrogens is 2. The number of hydrogen-bond acceptors (Lipinski definition) is 9. The summed E-state index contributed by atoms with van der Waals surface area (Å²) in [6.45, 7) is 6.44. The summed E-state index contributed by atoms with van der Waals surface area (Å²) in [5.41, 5.74) is 2.17. The van der Waals surface area contributed by atoms with Crippen molar-refractivity contribution in [2.75, 3.05) is 0 Å².